The summed E-state index contributed by atoms with van der Waals surface area (Å²) in [6, 6.07) is 15.1. The van der Waals surface area contributed by atoms with E-state index in [0.717, 1.165) is 35.7 Å². The van der Waals surface area contributed by atoms with Gasteiger partial charge in [-0.05, 0) is 56.7 Å². The number of rotatable bonds is 6. The zero-order valence-electron chi connectivity index (χ0n) is 16.7. The second-order valence-electron chi connectivity index (χ2n) is 7.01. The molecule has 2 N–H and O–H groups in total. The highest BCUT2D eigenvalue weighted by Gasteiger charge is 2.31. The summed E-state index contributed by atoms with van der Waals surface area (Å²) in [5.41, 5.74) is 3.79. The molecule has 0 aromatic heterocycles. The molecule has 0 radical (unpaired) electrons. The zero-order chi connectivity index (χ0) is 20.1. The van der Waals surface area contributed by atoms with Crippen LogP contribution in [-0.4, -0.2) is 37.6 Å². The Hall–Kier alpha value is -3.02. The molecular weight excluding hydrogens is 352 g/mol. The Morgan fingerprint density at radius 2 is 1.86 bits per heavy atom. The van der Waals surface area contributed by atoms with Gasteiger partial charge in [0.15, 0.2) is 0 Å². The summed E-state index contributed by atoms with van der Waals surface area (Å²) in [6.45, 7) is 8.60. The van der Waals surface area contributed by atoms with E-state index in [-0.39, 0.29) is 18.0 Å². The van der Waals surface area contributed by atoms with E-state index in [1.807, 2.05) is 49.4 Å². The number of hydrogen-bond acceptors (Lipinski definition) is 3. The SMILES string of the molecule is CCN(CC)c1ccc(NC(=O)NC2CC(=O)N(c3ccccc3)C2)c(C)c1. The van der Waals surface area contributed by atoms with Gasteiger partial charge in [0.2, 0.25) is 5.91 Å². The van der Waals surface area contributed by atoms with Gasteiger partial charge in [-0.15, -0.1) is 0 Å². The summed E-state index contributed by atoms with van der Waals surface area (Å²) in [6.07, 6.45) is 0.308. The lowest BCUT2D eigenvalue weighted by Crippen LogP contribution is -2.39. The van der Waals surface area contributed by atoms with Crippen molar-refractivity contribution < 1.29 is 9.59 Å². The van der Waals surface area contributed by atoms with Crippen molar-refractivity contribution in [1.82, 2.24) is 5.32 Å². The number of urea groups is 1. The molecule has 0 bridgehead atoms. The van der Waals surface area contributed by atoms with Gasteiger partial charge in [-0.25, -0.2) is 4.79 Å². The summed E-state index contributed by atoms with van der Waals surface area (Å²) in [5, 5.41) is 5.83. The van der Waals surface area contributed by atoms with Gasteiger partial charge >= 0.3 is 6.03 Å². The average Bonchev–Trinajstić information content (AvgIpc) is 3.05. The van der Waals surface area contributed by atoms with Crippen LogP contribution in [0.25, 0.3) is 0 Å². The number of carbonyl (C=O) groups is 2. The molecular formula is C22H28N4O2. The van der Waals surface area contributed by atoms with Crippen LogP contribution in [0.1, 0.15) is 25.8 Å². The predicted octanol–water partition coefficient (Wildman–Crippen LogP) is 3.77. The Kier molecular flexibility index (Phi) is 6.19. The van der Waals surface area contributed by atoms with Crippen molar-refractivity contribution in [3.63, 3.8) is 0 Å². The van der Waals surface area contributed by atoms with Crippen LogP contribution in [0.2, 0.25) is 0 Å². The first-order valence-electron chi connectivity index (χ1n) is 9.80. The second-order valence-corrected chi connectivity index (χ2v) is 7.01. The third kappa shape index (κ3) is 4.44. The number of aryl methyl sites for hydroxylation is 1. The van der Waals surface area contributed by atoms with Crippen molar-refractivity contribution in [2.75, 3.05) is 34.8 Å². The largest absolute Gasteiger partial charge is 0.372 e. The summed E-state index contributed by atoms with van der Waals surface area (Å²) in [5.74, 6) is 0.0243. The van der Waals surface area contributed by atoms with E-state index in [0.29, 0.717) is 13.0 Å². The molecule has 3 amide bonds. The first-order chi connectivity index (χ1) is 13.5. The zero-order valence-corrected chi connectivity index (χ0v) is 16.7. The third-order valence-corrected chi connectivity index (χ3v) is 5.11. The van der Waals surface area contributed by atoms with Crippen molar-refractivity contribution in [2.24, 2.45) is 0 Å². The van der Waals surface area contributed by atoms with Crippen molar-refractivity contribution in [3.8, 4) is 0 Å². The highest BCUT2D eigenvalue weighted by molar-refractivity contribution is 5.97. The Balaban J connectivity index is 1.59. The quantitative estimate of drug-likeness (QED) is 0.802. The minimum Gasteiger partial charge on any atom is -0.372 e. The molecule has 1 atom stereocenters. The lowest BCUT2D eigenvalue weighted by molar-refractivity contribution is -0.117. The Morgan fingerprint density at radius 1 is 1.14 bits per heavy atom. The van der Waals surface area contributed by atoms with Crippen LogP contribution in [0, 0.1) is 6.92 Å². The number of nitrogens with one attached hydrogen (secondary N) is 2. The molecule has 6 heteroatoms. The van der Waals surface area contributed by atoms with Crippen molar-refractivity contribution in [2.45, 2.75) is 33.2 Å². The van der Waals surface area contributed by atoms with E-state index in [1.54, 1.807) is 4.90 Å². The Labute approximate surface area is 166 Å². The number of hydrogen-bond donors (Lipinski definition) is 2. The number of anilines is 3. The van der Waals surface area contributed by atoms with Gasteiger partial charge < -0.3 is 20.4 Å². The Morgan fingerprint density at radius 3 is 2.50 bits per heavy atom. The number of benzene rings is 2. The van der Waals surface area contributed by atoms with Crippen LogP contribution in [0.4, 0.5) is 21.9 Å². The summed E-state index contributed by atoms with van der Waals surface area (Å²) in [7, 11) is 0. The molecule has 3 rings (SSSR count). The van der Waals surface area contributed by atoms with Crippen molar-refractivity contribution in [3.05, 3.63) is 54.1 Å². The molecule has 1 heterocycles. The normalized spacial score (nSPS) is 16.2. The first-order valence-corrected chi connectivity index (χ1v) is 9.80. The molecule has 1 saturated heterocycles. The fourth-order valence-electron chi connectivity index (χ4n) is 3.58. The molecule has 28 heavy (non-hydrogen) atoms. The fraction of sp³-hybridized carbons (Fsp3) is 0.364. The first kappa shape index (κ1) is 19.7. The predicted molar refractivity (Wildman–Crippen MR) is 114 cm³/mol. The maximum absolute atomic E-state index is 12.4. The summed E-state index contributed by atoms with van der Waals surface area (Å²) in [4.78, 5) is 28.7. The van der Waals surface area contributed by atoms with Crippen LogP contribution < -0.4 is 20.4 Å². The van der Waals surface area contributed by atoms with Crippen molar-refractivity contribution in [1.29, 1.82) is 0 Å². The molecule has 1 fully saturated rings. The standard InChI is InChI=1S/C22H28N4O2/c1-4-25(5-2)19-11-12-20(16(3)13-19)24-22(28)23-17-14-21(27)26(15-17)18-9-7-6-8-10-18/h6-13,17H,4-5,14-15H2,1-3H3,(H2,23,24,28). The highest BCUT2D eigenvalue weighted by Crippen LogP contribution is 2.23. The third-order valence-electron chi connectivity index (χ3n) is 5.11. The van der Waals surface area contributed by atoms with Gasteiger partial charge in [0.25, 0.3) is 0 Å². The number of para-hydroxylation sites is 1. The van der Waals surface area contributed by atoms with E-state index in [1.165, 1.54) is 0 Å². The minimum atomic E-state index is -0.286. The molecule has 0 saturated carbocycles. The number of carbonyl (C=O) groups excluding carboxylic acids is 2. The lowest BCUT2D eigenvalue weighted by Gasteiger charge is -2.22. The highest BCUT2D eigenvalue weighted by atomic mass is 16.2. The van der Waals surface area contributed by atoms with E-state index in [2.05, 4.69) is 35.4 Å². The van der Waals surface area contributed by atoms with Gasteiger partial charge in [-0.1, -0.05) is 18.2 Å². The number of amides is 3. The van der Waals surface area contributed by atoms with Gasteiger partial charge in [0, 0.05) is 43.1 Å². The summed E-state index contributed by atoms with van der Waals surface area (Å²) >= 11 is 0. The maximum Gasteiger partial charge on any atom is 0.319 e. The molecule has 6 nitrogen and oxygen atoms in total. The monoisotopic (exact) mass is 380 g/mol. The topological polar surface area (TPSA) is 64.7 Å². The fourth-order valence-corrected chi connectivity index (χ4v) is 3.58. The van der Waals surface area contributed by atoms with Crippen molar-refractivity contribution >= 4 is 29.0 Å². The van der Waals surface area contributed by atoms with E-state index in [9.17, 15) is 9.59 Å². The van der Waals surface area contributed by atoms with Gasteiger partial charge in [-0.3, -0.25) is 4.79 Å². The molecule has 1 aliphatic rings. The van der Waals surface area contributed by atoms with E-state index in [4.69, 9.17) is 0 Å². The molecule has 0 spiro atoms. The Bertz CT molecular complexity index is 834. The van der Waals surface area contributed by atoms with Crippen LogP contribution in [-0.2, 0) is 4.79 Å². The molecule has 1 unspecified atom stereocenters. The van der Waals surface area contributed by atoms with Crippen LogP contribution in [0.5, 0.6) is 0 Å². The molecule has 2 aromatic rings. The van der Waals surface area contributed by atoms with Crippen LogP contribution in [0.3, 0.4) is 0 Å². The van der Waals surface area contributed by atoms with E-state index >= 15 is 0 Å². The smallest absolute Gasteiger partial charge is 0.319 e. The van der Waals surface area contributed by atoms with Crippen LogP contribution in [0.15, 0.2) is 48.5 Å². The lowest BCUT2D eigenvalue weighted by atomic mass is 10.1. The molecule has 148 valence electrons. The molecule has 0 aliphatic carbocycles. The number of nitrogens with zero attached hydrogens (tertiary/aromatic N) is 2. The maximum atomic E-state index is 12.4. The van der Waals surface area contributed by atoms with Gasteiger partial charge in [-0.2, -0.15) is 0 Å². The van der Waals surface area contributed by atoms with Gasteiger partial charge in [0.05, 0.1) is 6.04 Å². The van der Waals surface area contributed by atoms with Crippen LogP contribution >= 0.6 is 0 Å². The average molecular weight is 380 g/mol. The second kappa shape index (κ2) is 8.78. The van der Waals surface area contributed by atoms with E-state index < -0.39 is 0 Å². The molecule has 2 aromatic carbocycles. The summed E-state index contributed by atoms with van der Waals surface area (Å²) < 4.78 is 0. The molecule has 1 aliphatic heterocycles. The minimum absolute atomic E-state index is 0.0243. The van der Waals surface area contributed by atoms with Gasteiger partial charge in [0.1, 0.15) is 0 Å².